The molecule has 0 spiro atoms. The molecule has 1 aromatic rings. The minimum Gasteiger partial charge on any atom is -0.388 e. The molecular formula is C11H18N2O2S. The zero-order valence-electron chi connectivity index (χ0n) is 9.72. The van der Waals surface area contributed by atoms with Gasteiger partial charge in [0.05, 0.1) is 17.1 Å². The Morgan fingerprint density at radius 2 is 2.56 bits per heavy atom. The first kappa shape index (κ1) is 11.8. The van der Waals surface area contributed by atoms with E-state index in [0.717, 1.165) is 36.0 Å². The molecule has 0 radical (unpaired) electrons. The fourth-order valence-electron chi connectivity index (χ4n) is 1.82. The maximum atomic E-state index is 9.43. The molecule has 5 heteroatoms. The van der Waals surface area contributed by atoms with Crippen LogP contribution in [-0.4, -0.2) is 36.4 Å². The second-order valence-corrected chi connectivity index (χ2v) is 5.28. The summed E-state index contributed by atoms with van der Waals surface area (Å²) in [5, 5.41) is 10.4. The van der Waals surface area contributed by atoms with Gasteiger partial charge in [0, 0.05) is 26.4 Å². The SMILES string of the molecule is CC(O)c1cnc(N(C)CC2CCCO2)s1. The first-order valence-corrected chi connectivity index (χ1v) is 6.45. The third-order valence-electron chi connectivity index (χ3n) is 2.75. The van der Waals surface area contributed by atoms with Crippen LogP contribution in [0, 0.1) is 0 Å². The number of aliphatic hydroxyl groups excluding tert-OH is 1. The minimum atomic E-state index is -0.428. The molecule has 2 atom stereocenters. The van der Waals surface area contributed by atoms with E-state index in [2.05, 4.69) is 9.88 Å². The van der Waals surface area contributed by atoms with Gasteiger partial charge in [-0.3, -0.25) is 0 Å². The van der Waals surface area contributed by atoms with Gasteiger partial charge in [0.15, 0.2) is 5.13 Å². The van der Waals surface area contributed by atoms with Gasteiger partial charge in [0.25, 0.3) is 0 Å². The summed E-state index contributed by atoms with van der Waals surface area (Å²) < 4.78 is 5.59. The highest BCUT2D eigenvalue weighted by Crippen LogP contribution is 2.27. The maximum absolute atomic E-state index is 9.43. The Morgan fingerprint density at radius 1 is 1.75 bits per heavy atom. The predicted molar refractivity (Wildman–Crippen MR) is 65.0 cm³/mol. The number of rotatable bonds is 4. The Labute approximate surface area is 99.9 Å². The average molecular weight is 242 g/mol. The summed E-state index contributed by atoms with van der Waals surface area (Å²) >= 11 is 1.54. The van der Waals surface area contributed by atoms with Gasteiger partial charge in [0.1, 0.15) is 0 Å². The Hall–Kier alpha value is -0.650. The molecule has 0 aromatic carbocycles. The predicted octanol–water partition coefficient (Wildman–Crippen LogP) is 1.81. The van der Waals surface area contributed by atoms with Crippen LogP contribution in [0.2, 0.25) is 0 Å². The normalized spacial score (nSPS) is 22.3. The van der Waals surface area contributed by atoms with Crippen molar-refractivity contribution in [1.29, 1.82) is 0 Å². The van der Waals surface area contributed by atoms with Crippen molar-refractivity contribution in [2.75, 3.05) is 25.1 Å². The second-order valence-electron chi connectivity index (χ2n) is 4.24. The van der Waals surface area contributed by atoms with Crippen LogP contribution in [0.15, 0.2) is 6.20 Å². The molecule has 16 heavy (non-hydrogen) atoms. The molecule has 0 bridgehead atoms. The van der Waals surface area contributed by atoms with Gasteiger partial charge < -0.3 is 14.7 Å². The average Bonchev–Trinajstić information content (AvgIpc) is 2.86. The number of thiazole rings is 1. The van der Waals surface area contributed by atoms with Crippen LogP contribution in [0.1, 0.15) is 30.7 Å². The molecule has 90 valence electrons. The number of hydrogen-bond donors (Lipinski definition) is 1. The van der Waals surface area contributed by atoms with Crippen molar-refractivity contribution in [3.8, 4) is 0 Å². The smallest absolute Gasteiger partial charge is 0.185 e. The van der Waals surface area contributed by atoms with Gasteiger partial charge in [0.2, 0.25) is 0 Å². The molecule has 4 nitrogen and oxygen atoms in total. The number of likely N-dealkylation sites (N-methyl/N-ethyl adjacent to an activating group) is 1. The summed E-state index contributed by atoms with van der Waals surface area (Å²) in [6.45, 7) is 3.53. The van der Waals surface area contributed by atoms with E-state index in [1.54, 1.807) is 24.5 Å². The van der Waals surface area contributed by atoms with Gasteiger partial charge in [-0.1, -0.05) is 11.3 Å². The van der Waals surface area contributed by atoms with E-state index in [0.29, 0.717) is 6.10 Å². The lowest BCUT2D eigenvalue weighted by atomic mass is 10.2. The van der Waals surface area contributed by atoms with Crippen molar-refractivity contribution in [3.05, 3.63) is 11.1 Å². The lowest BCUT2D eigenvalue weighted by molar-refractivity contribution is 0.116. The lowest BCUT2D eigenvalue weighted by Crippen LogP contribution is -2.28. The van der Waals surface area contributed by atoms with Gasteiger partial charge >= 0.3 is 0 Å². The van der Waals surface area contributed by atoms with Crippen LogP contribution in [0.3, 0.4) is 0 Å². The largest absolute Gasteiger partial charge is 0.388 e. The topological polar surface area (TPSA) is 45.6 Å². The molecule has 1 aliphatic rings. The molecule has 2 rings (SSSR count). The number of anilines is 1. The number of nitrogens with zero attached hydrogens (tertiary/aromatic N) is 2. The Balaban J connectivity index is 1.94. The van der Waals surface area contributed by atoms with Crippen molar-refractivity contribution in [2.24, 2.45) is 0 Å². The first-order valence-electron chi connectivity index (χ1n) is 5.63. The van der Waals surface area contributed by atoms with Crippen molar-refractivity contribution in [2.45, 2.75) is 32.0 Å². The zero-order valence-corrected chi connectivity index (χ0v) is 10.5. The quantitative estimate of drug-likeness (QED) is 0.874. The van der Waals surface area contributed by atoms with Crippen molar-refractivity contribution >= 4 is 16.5 Å². The zero-order chi connectivity index (χ0) is 11.5. The molecule has 2 unspecified atom stereocenters. The Morgan fingerprint density at radius 3 is 3.12 bits per heavy atom. The summed E-state index contributed by atoms with van der Waals surface area (Å²) in [5.74, 6) is 0. The maximum Gasteiger partial charge on any atom is 0.185 e. The number of aliphatic hydroxyl groups is 1. The third-order valence-corrected chi connectivity index (χ3v) is 4.03. The van der Waals surface area contributed by atoms with Crippen molar-refractivity contribution in [1.82, 2.24) is 4.98 Å². The molecular weight excluding hydrogens is 224 g/mol. The summed E-state index contributed by atoms with van der Waals surface area (Å²) in [5.41, 5.74) is 0. The molecule has 0 aliphatic carbocycles. The Kier molecular flexibility index (Phi) is 3.78. The number of ether oxygens (including phenoxy) is 1. The molecule has 1 aromatic heterocycles. The molecule has 0 amide bonds. The number of hydrogen-bond acceptors (Lipinski definition) is 5. The minimum absolute atomic E-state index is 0.337. The van der Waals surface area contributed by atoms with Gasteiger partial charge in [-0.05, 0) is 19.8 Å². The lowest BCUT2D eigenvalue weighted by Gasteiger charge is -2.19. The molecule has 1 saturated heterocycles. The summed E-state index contributed by atoms with van der Waals surface area (Å²) in [6, 6.07) is 0. The van der Waals surface area contributed by atoms with Crippen LogP contribution in [0.4, 0.5) is 5.13 Å². The van der Waals surface area contributed by atoms with Gasteiger partial charge in [-0.25, -0.2) is 4.98 Å². The van der Waals surface area contributed by atoms with E-state index in [4.69, 9.17) is 4.74 Å². The van der Waals surface area contributed by atoms with Crippen LogP contribution < -0.4 is 4.90 Å². The van der Waals surface area contributed by atoms with E-state index in [-0.39, 0.29) is 0 Å². The van der Waals surface area contributed by atoms with Gasteiger partial charge in [-0.15, -0.1) is 0 Å². The van der Waals surface area contributed by atoms with E-state index in [1.165, 1.54) is 0 Å². The van der Waals surface area contributed by atoms with E-state index in [9.17, 15) is 5.11 Å². The van der Waals surface area contributed by atoms with Crippen LogP contribution in [-0.2, 0) is 4.74 Å². The third kappa shape index (κ3) is 2.72. The molecule has 1 aliphatic heterocycles. The first-order chi connectivity index (χ1) is 7.66. The monoisotopic (exact) mass is 242 g/mol. The summed E-state index contributed by atoms with van der Waals surface area (Å²) in [4.78, 5) is 7.32. The number of aromatic nitrogens is 1. The van der Waals surface area contributed by atoms with Crippen molar-refractivity contribution < 1.29 is 9.84 Å². The standard InChI is InChI=1S/C11H18N2O2S/c1-8(14)10-6-12-11(16-10)13(2)7-9-4-3-5-15-9/h6,8-9,14H,3-5,7H2,1-2H3. The highest BCUT2D eigenvalue weighted by atomic mass is 32.1. The molecule has 1 fully saturated rings. The van der Waals surface area contributed by atoms with E-state index < -0.39 is 6.10 Å². The highest BCUT2D eigenvalue weighted by molar-refractivity contribution is 7.15. The molecule has 0 saturated carbocycles. The Bertz CT molecular complexity index is 334. The van der Waals surface area contributed by atoms with Crippen LogP contribution >= 0.6 is 11.3 Å². The van der Waals surface area contributed by atoms with E-state index >= 15 is 0 Å². The summed E-state index contributed by atoms with van der Waals surface area (Å²) in [6.07, 6.45) is 3.96. The van der Waals surface area contributed by atoms with Crippen molar-refractivity contribution in [3.63, 3.8) is 0 Å². The summed E-state index contributed by atoms with van der Waals surface area (Å²) in [7, 11) is 2.02. The fourth-order valence-corrected chi connectivity index (χ4v) is 2.64. The van der Waals surface area contributed by atoms with Crippen LogP contribution in [0.5, 0.6) is 0 Å². The fraction of sp³-hybridized carbons (Fsp3) is 0.727. The molecule has 2 heterocycles. The van der Waals surface area contributed by atoms with Gasteiger partial charge in [-0.2, -0.15) is 0 Å². The second kappa shape index (κ2) is 5.12. The van der Waals surface area contributed by atoms with Crippen LogP contribution in [0.25, 0.3) is 0 Å². The molecule has 1 N–H and O–H groups in total. The van der Waals surface area contributed by atoms with E-state index in [1.807, 2.05) is 7.05 Å². The highest BCUT2D eigenvalue weighted by Gasteiger charge is 2.19.